The highest BCUT2D eigenvalue weighted by Crippen LogP contribution is 2.74. The van der Waals surface area contributed by atoms with Gasteiger partial charge >= 0.3 is 5.97 Å². The van der Waals surface area contributed by atoms with Gasteiger partial charge in [0, 0.05) is 11.0 Å². The largest absolute Gasteiger partial charge is 0.481 e. The van der Waals surface area contributed by atoms with Gasteiger partial charge < -0.3 is 9.63 Å². The Kier molecular flexibility index (Phi) is 4.79. The first kappa shape index (κ1) is 23.8. The van der Waals surface area contributed by atoms with Crippen LogP contribution in [0.5, 0.6) is 0 Å². The number of rotatable bonds is 1. The molecule has 192 valence electrons. The van der Waals surface area contributed by atoms with Crippen LogP contribution in [0.3, 0.4) is 0 Å². The van der Waals surface area contributed by atoms with Crippen LogP contribution in [0.4, 0.5) is 0 Å². The molecule has 0 bridgehead atoms. The molecule has 1 heterocycles. The molecule has 0 aromatic carbocycles. The van der Waals surface area contributed by atoms with E-state index < -0.39 is 11.4 Å². The quantitative estimate of drug-likeness (QED) is 0.418. The normalized spacial score (nSPS) is 47.3. The van der Waals surface area contributed by atoms with E-state index >= 15 is 0 Å². The highest BCUT2D eigenvalue weighted by molar-refractivity contribution is 5.76. The molecule has 0 amide bonds. The lowest BCUT2D eigenvalue weighted by Gasteiger charge is -2.68. The predicted octanol–water partition coefficient (Wildman–Crippen LogP) is 7.75. The SMILES string of the molecule is C[C@@H]1c2cnoc2C(C)(C)C2CC[C@]3(C)[C@H](CC=C4C5CC(C)(C)CC[C@]5(C(=O)O)CC[C@]43C)C21. The Morgan fingerprint density at radius 2 is 1.74 bits per heavy atom. The van der Waals surface area contributed by atoms with Crippen molar-refractivity contribution in [3.63, 3.8) is 0 Å². The lowest BCUT2D eigenvalue weighted by molar-refractivity contribution is -0.169. The van der Waals surface area contributed by atoms with E-state index in [0.29, 0.717) is 23.7 Å². The summed E-state index contributed by atoms with van der Waals surface area (Å²) >= 11 is 0. The molecule has 0 saturated heterocycles. The zero-order valence-electron chi connectivity index (χ0n) is 22.9. The summed E-state index contributed by atoms with van der Waals surface area (Å²) < 4.78 is 5.85. The third kappa shape index (κ3) is 2.80. The molecule has 6 rings (SSSR count). The van der Waals surface area contributed by atoms with E-state index in [0.717, 1.165) is 44.3 Å². The van der Waals surface area contributed by atoms with E-state index in [2.05, 4.69) is 59.7 Å². The summed E-state index contributed by atoms with van der Waals surface area (Å²) in [5, 5.41) is 14.8. The molecule has 0 aliphatic heterocycles. The second-order valence-corrected chi connectivity index (χ2v) is 15.0. The fourth-order valence-electron chi connectivity index (χ4n) is 10.5. The molecule has 3 saturated carbocycles. The Balaban J connectivity index is 1.46. The fourth-order valence-corrected chi connectivity index (χ4v) is 10.5. The van der Waals surface area contributed by atoms with Gasteiger partial charge in [0.1, 0.15) is 5.76 Å². The summed E-state index contributed by atoms with van der Waals surface area (Å²) in [5.41, 5.74) is 2.78. The molecular weight excluding hydrogens is 434 g/mol. The summed E-state index contributed by atoms with van der Waals surface area (Å²) in [4.78, 5) is 12.8. The Morgan fingerprint density at radius 1 is 1.03 bits per heavy atom. The number of aromatic nitrogens is 1. The molecule has 35 heavy (non-hydrogen) atoms. The van der Waals surface area contributed by atoms with Gasteiger partial charge in [-0.25, -0.2) is 0 Å². The first-order chi connectivity index (χ1) is 16.3. The van der Waals surface area contributed by atoms with Crippen molar-refractivity contribution in [2.45, 2.75) is 111 Å². The van der Waals surface area contributed by atoms with Gasteiger partial charge in [-0.3, -0.25) is 4.79 Å². The van der Waals surface area contributed by atoms with Crippen LogP contribution >= 0.6 is 0 Å². The van der Waals surface area contributed by atoms with Gasteiger partial charge in [0.25, 0.3) is 0 Å². The smallest absolute Gasteiger partial charge is 0.310 e. The van der Waals surface area contributed by atoms with E-state index in [4.69, 9.17) is 4.52 Å². The number of allylic oxidation sites excluding steroid dienone is 2. The lowest BCUT2D eigenvalue weighted by atomic mass is 9.36. The standard InChI is InChI=1S/C31H45NO3/c1-18-19-17-32-35-25(19)28(4,5)21-10-11-29(6)22(24(18)21)9-8-20-23-16-27(2,3)12-14-31(23,26(33)34)15-13-30(20,29)7/h8,17-18,21-24H,9-16H2,1-7H3,(H,33,34)/t18-,21?,22-,23?,24?,29-,30-,31+/m1/s1. The second-order valence-electron chi connectivity index (χ2n) is 15.0. The lowest BCUT2D eigenvalue weighted by Crippen LogP contribution is -2.62. The Morgan fingerprint density at radius 3 is 2.46 bits per heavy atom. The van der Waals surface area contributed by atoms with Crippen molar-refractivity contribution in [2.75, 3.05) is 0 Å². The number of carboxylic acids is 1. The van der Waals surface area contributed by atoms with Crippen molar-refractivity contribution in [2.24, 2.45) is 45.3 Å². The molecule has 5 aliphatic rings. The Labute approximate surface area is 211 Å². The fraction of sp³-hybridized carbons (Fsp3) is 0.806. The summed E-state index contributed by atoms with van der Waals surface area (Å²) in [6.07, 6.45) is 12.8. The van der Waals surface area contributed by atoms with Crippen LogP contribution in [-0.2, 0) is 10.2 Å². The Bertz CT molecular complexity index is 1100. The van der Waals surface area contributed by atoms with Gasteiger partial charge in [-0.15, -0.1) is 0 Å². The van der Waals surface area contributed by atoms with Gasteiger partial charge in [-0.2, -0.15) is 0 Å². The van der Waals surface area contributed by atoms with Crippen molar-refractivity contribution < 1.29 is 14.4 Å². The zero-order valence-corrected chi connectivity index (χ0v) is 22.9. The molecule has 1 aromatic rings. The third-order valence-corrected chi connectivity index (χ3v) is 12.9. The number of fused-ring (bicyclic) bond motifs is 8. The maximum Gasteiger partial charge on any atom is 0.310 e. The molecule has 3 unspecified atom stereocenters. The van der Waals surface area contributed by atoms with Crippen molar-refractivity contribution in [1.82, 2.24) is 5.16 Å². The minimum Gasteiger partial charge on any atom is -0.481 e. The first-order valence-electron chi connectivity index (χ1n) is 14.2. The molecular formula is C31H45NO3. The average Bonchev–Trinajstić information content (AvgIpc) is 3.28. The molecule has 0 radical (unpaired) electrons. The van der Waals surface area contributed by atoms with Crippen LogP contribution in [0.15, 0.2) is 22.4 Å². The van der Waals surface area contributed by atoms with Crippen LogP contribution < -0.4 is 0 Å². The van der Waals surface area contributed by atoms with Gasteiger partial charge in [-0.1, -0.05) is 65.3 Å². The molecule has 4 heteroatoms. The van der Waals surface area contributed by atoms with E-state index in [1.807, 2.05) is 6.20 Å². The van der Waals surface area contributed by atoms with Gasteiger partial charge in [0.15, 0.2) is 0 Å². The Hall–Kier alpha value is -1.58. The van der Waals surface area contributed by atoms with E-state index in [-0.39, 0.29) is 27.6 Å². The van der Waals surface area contributed by atoms with Crippen LogP contribution in [0.2, 0.25) is 0 Å². The highest BCUT2D eigenvalue weighted by atomic mass is 16.5. The molecule has 8 atom stereocenters. The minimum absolute atomic E-state index is 0.00760. The third-order valence-electron chi connectivity index (χ3n) is 12.9. The minimum atomic E-state index is -0.557. The van der Waals surface area contributed by atoms with Crippen molar-refractivity contribution in [3.8, 4) is 0 Å². The van der Waals surface area contributed by atoms with E-state index in [9.17, 15) is 9.90 Å². The first-order valence-corrected chi connectivity index (χ1v) is 14.2. The molecule has 0 spiro atoms. The number of carboxylic acid groups (broad SMARTS) is 1. The van der Waals surface area contributed by atoms with Crippen molar-refractivity contribution >= 4 is 5.97 Å². The molecule has 5 aliphatic carbocycles. The van der Waals surface area contributed by atoms with Gasteiger partial charge in [0.2, 0.25) is 0 Å². The predicted molar refractivity (Wildman–Crippen MR) is 137 cm³/mol. The number of nitrogens with zero attached hydrogens (tertiary/aromatic N) is 1. The number of carbonyl (C=O) groups is 1. The van der Waals surface area contributed by atoms with Crippen LogP contribution in [0.1, 0.15) is 117 Å². The van der Waals surface area contributed by atoms with Gasteiger partial charge in [0.05, 0.1) is 11.6 Å². The topological polar surface area (TPSA) is 63.3 Å². The average molecular weight is 480 g/mol. The maximum atomic E-state index is 12.8. The summed E-state index contributed by atoms with van der Waals surface area (Å²) in [5.74, 6) is 3.03. The van der Waals surface area contributed by atoms with Crippen molar-refractivity contribution in [3.05, 3.63) is 29.2 Å². The van der Waals surface area contributed by atoms with Crippen LogP contribution in [0.25, 0.3) is 0 Å². The van der Waals surface area contributed by atoms with Gasteiger partial charge in [-0.05, 0) is 97.2 Å². The maximum absolute atomic E-state index is 12.8. The molecule has 1 N–H and O–H groups in total. The van der Waals surface area contributed by atoms with Crippen molar-refractivity contribution in [1.29, 1.82) is 0 Å². The molecule has 4 nitrogen and oxygen atoms in total. The number of aliphatic carboxylic acids is 1. The number of hydrogen-bond donors (Lipinski definition) is 1. The highest BCUT2D eigenvalue weighted by Gasteiger charge is 2.67. The molecule has 3 fully saturated rings. The summed E-state index contributed by atoms with van der Waals surface area (Å²) in [7, 11) is 0. The second kappa shape index (κ2) is 7.04. The van der Waals surface area contributed by atoms with Crippen LogP contribution in [0, 0.1) is 45.3 Å². The summed E-state index contributed by atoms with van der Waals surface area (Å²) in [6, 6.07) is 0. The zero-order chi connectivity index (χ0) is 25.2. The van der Waals surface area contributed by atoms with E-state index in [1.165, 1.54) is 24.0 Å². The monoisotopic (exact) mass is 479 g/mol. The van der Waals surface area contributed by atoms with E-state index in [1.54, 1.807) is 0 Å². The number of hydrogen-bond acceptors (Lipinski definition) is 3. The summed E-state index contributed by atoms with van der Waals surface area (Å²) in [6.45, 7) is 17.0. The van der Waals surface area contributed by atoms with Crippen LogP contribution in [-0.4, -0.2) is 16.2 Å². The molecule has 1 aromatic heterocycles.